The standard InChI is InChI=1S/Ce.H4O4Si.Tb.Y/c;1-5(2,3)4;;/h;1-4H;;. The first kappa shape index (κ1) is 22.6. The summed E-state index contributed by atoms with van der Waals surface area (Å²) in [7, 11) is -4.61. The summed E-state index contributed by atoms with van der Waals surface area (Å²) in [6.45, 7) is 0. The minimum absolute atomic E-state index is 0. The number of rotatable bonds is 0. The summed E-state index contributed by atoms with van der Waals surface area (Å²) in [5, 5.41) is 0. The van der Waals surface area contributed by atoms with Crippen molar-refractivity contribution < 1.29 is 132 Å². The molecule has 0 heterocycles. The van der Waals surface area contributed by atoms with Crippen molar-refractivity contribution >= 4 is 9.05 Å². The van der Waals surface area contributed by atoms with Gasteiger partial charge in [-0.05, 0) is 0 Å². The Hall–Kier alpha value is 3.82. The molecule has 8 heavy (non-hydrogen) atoms. The van der Waals surface area contributed by atoms with Gasteiger partial charge in [-0.2, -0.15) is 0 Å². The van der Waals surface area contributed by atoms with Gasteiger partial charge in [-0.1, -0.05) is 0 Å². The molecule has 0 amide bonds. The SMILES string of the molecule is O[Si](O)(O)O.[Ce].[Tb].[Y]. The Morgan fingerprint density at radius 3 is 0.875 bits per heavy atom. The van der Waals surface area contributed by atoms with Crippen LogP contribution in [-0.4, -0.2) is 28.2 Å². The molecular formula is H4CeO4SiTbY. The molecule has 0 aromatic carbocycles. The molecule has 0 spiro atoms. The Labute approximate surface area is 138 Å². The average molecular weight is 484 g/mol. The molecule has 48 valence electrons. The summed E-state index contributed by atoms with van der Waals surface area (Å²) >= 11 is 0. The van der Waals surface area contributed by atoms with Crippen LogP contribution < -0.4 is 0 Å². The van der Waals surface area contributed by atoms with E-state index in [1.54, 1.807) is 0 Å². The summed E-state index contributed by atoms with van der Waals surface area (Å²) in [5.41, 5.74) is 0. The maximum absolute atomic E-state index is 7.33. The summed E-state index contributed by atoms with van der Waals surface area (Å²) in [6.07, 6.45) is 0. The van der Waals surface area contributed by atoms with Crippen molar-refractivity contribution in [2.75, 3.05) is 0 Å². The Bertz CT molecular complexity index is 31.5. The molecule has 0 bridgehead atoms. The van der Waals surface area contributed by atoms with Crippen molar-refractivity contribution in [3.63, 3.8) is 0 Å². The second-order valence-corrected chi connectivity index (χ2v) is 1.80. The molecule has 0 aromatic rings. The fourth-order valence-electron chi connectivity index (χ4n) is 0. The van der Waals surface area contributed by atoms with Crippen LogP contribution in [0.5, 0.6) is 0 Å². The van der Waals surface area contributed by atoms with Crippen LogP contribution >= 0.6 is 0 Å². The van der Waals surface area contributed by atoms with E-state index in [9.17, 15) is 0 Å². The van der Waals surface area contributed by atoms with Gasteiger partial charge in [0.15, 0.2) is 0 Å². The Morgan fingerprint density at radius 2 is 0.875 bits per heavy atom. The van der Waals surface area contributed by atoms with Gasteiger partial charge in [-0.15, -0.1) is 0 Å². The number of hydrogen-bond donors (Lipinski definition) is 4. The van der Waals surface area contributed by atoms with Crippen molar-refractivity contribution in [3.05, 3.63) is 0 Å². The monoisotopic (exact) mass is 484 g/mol. The molecule has 2 radical (unpaired) electrons. The van der Waals surface area contributed by atoms with Crippen molar-refractivity contribution in [2.24, 2.45) is 0 Å². The molecule has 0 aliphatic rings. The summed E-state index contributed by atoms with van der Waals surface area (Å²) in [5.74, 6) is 0. The quantitative estimate of drug-likeness (QED) is 0.285. The predicted molar refractivity (Wildman–Crippen MR) is 14.6 cm³/mol. The van der Waals surface area contributed by atoms with E-state index in [1.165, 1.54) is 0 Å². The van der Waals surface area contributed by atoms with Crippen molar-refractivity contribution in [3.8, 4) is 0 Å². The van der Waals surface area contributed by atoms with Gasteiger partial charge in [-0.3, -0.25) is 0 Å². The van der Waals surface area contributed by atoms with Crippen LogP contribution in [0.15, 0.2) is 0 Å². The van der Waals surface area contributed by atoms with E-state index in [0.29, 0.717) is 0 Å². The molecule has 0 unspecified atom stereocenters. The number of hydrogen-bond acceptors (Lipinski definition) is 4. The van der Waals surface area contributed by atoms with Gasteiger partial charge in [0.25, 0.3) is 0 Å². The zero-order chi connectivity index (χ0) is 4.50. The topological polar surface area (TPSA) is 80.9 Å². The fraction of sp³-hybridized carbons (Fsp3) is 0. The average Bonchev–Trinajstić information content (AvgIpc) is 0.722. The van der Waals surface area contributed by atoms with Crippen LogP contribution in [0.25, 0.3) is 0 Å². The fourth-order valence-corrected chi connectivity index (χ4v) is 0. The van der Waals surface area contributed by atoms with Gasteiger partial charge < -0.3 is 19.2 Å². The van der Waals surface area contributed by atoms with Crippen LogP contribution in [0.3, 0.4) is 0 Å². The molecule has 0 saturated carbocycles. The van der Waals surface area contributed by atoms with Crippen LogP contribution in [-0.2, 0) is 32.7 Å². The minimum Gasteiger partial charge on any atom is -0.368 e. The van der Waals surface area contributed by atoms with Crippen LogP contribution in [0.4, 0.5) is 0 Å². The van der Waals surface area contributed by atoms with E-state index in [1.807, 2.05) is 0 Å². The maximum Gasteiger partial charge on any atom is 0.668 e. The van der Waals surface area contributed by atoms with Gasteiger partial charge in [-0.25, -0.2) is 0 Å². The molecule has 0 rings (SSSR count). The second-order valence-electron chi connectivity index (χ2n) is 0.600. The first-order valence-electron chi connectivity index (χ1n) is 0.894. The van der Waals surface area contributed by atoms with Crippen LogP contribution in [0.1, 0.15) is 0 Å². The van der Waals surface area contributed by atoms with Crippen LogP contribution in [0, 0.1) is 80.4 Å². The largest absolute Gasteiger partial charge is 0.668 e. The van der Waals surface area contributed by atoms with Gasteiger partial charge in [0, 0.05) is 113 Å². The van der Waals surface area contributed by atoms with Crippen molar-refractivity contribution in [2.45, 2.75) is 0 Å². The molecule has 0 fully saturated rings. The maximum atomic E-state index is 7.33. The normalized spacial score (nSPS) is 7.50. The minimum atomic E-state index is -4.61. The Balaban J connectivity index is -0.0000000267. The van der Waals surface area contributed by atoms with Gasteiger partial charge in [0.2, 0.25) is 0 Å². The zero-order valence-electron chi connectivity index (χ0n) is 3.70. The molecular weight excluding hydrogens is 480 g/mol. The second kappa shape index (κ2) is 10.8. The van der Waals surface area contributed by atoms with E-state index in [0.717, 1.165) is 0 Å². The van der Waals surface area contributed by atoms with E-state index in [-0.39, 0.29) is 113 Å². The Kier molecular flexibility index (Phi) is 30.6. The third-order valence-electron chi connectivity index (χ3n) is 0. The van der Waals surface area contributed by atoms with Crippen molar-refractivity contribution in [1.29, 1.82) is 0 Å². The van der Waals surface area contributed by atoms with Gasteiger partial charge in [0.1, 0.15) is 0 Å². The van der Waals surface area contributed by atoms with Gasteiger partial charge in [0.05, 0.1) is 0 Å². The smallest absolute Gasteiger partial charge is 0.368 e. The van der Waals surface area contributed by atoms with Crippen LogP contribution in [0.2, 0.25) is 0 Å². The molecule has 0 saturated heterocycles. The third kappa shape index (κ3) is 52.3. The third-order valence-corrected chi connectivity index (χ3v) is 0. The van der Waals surface area contributed by atoms with E-state index in [2.05, 4.69) is 0 Å². The molecule has 0 atom stereocenters. The Morgan fingerprint density at radius 1 is 0.875 bits per heavy atom. The predicted octanol–water partition coefficient (Wildman–Crippen LogP) is -2.61. The first-order chi connectivity index (χ1) is 2.00. The zero-order valence-corrected chi connectivity index (χ0v) is 12.8. The first-order valence-corrected chi connectivity index (χ1v) is 2.68. The van der Waals surface area contributed by atoms with Crippen molar-refractivity contribution in [1.82, 2.24) is 0 Å². The molecule has 0 aliphatic carbocycles. The summed E-state index contributed by atoms with van der Waals surface area (Å²) in [4.78, 5) is 29.3. The van der Waals surface area contributed by atoms with Gasteiger partial charge >= 0.3 is 9.05 Å². The van der Waals surface area contributed by atoms with E-state index >= 15 is 0 Å². The molecule has 4 nitrogen and oxygen atoms in total. The molecule has 4 N–H and O–H groups in total. The molecule has 0 aliphatic heterocycles. The van der Waals surface area contributed by atoms with E-state index in [4.69, 9.17) is 19.2 Å². The van der Waals surface area contributed by atoms with E-state index < -0.39 is 9.05 Å². The summed E-state index contributed by atoms with van der Waals surface area (Å²) in [6, 6.07) is 0. The molecule has 8 heteroatoms. The summed E-state index contributed by atoms with van der Waals surface area (Å²) < 4.78 is 0. The molecule has 0 aromatic heterocycles.